The van der Waals surface area contributed by atoms with Gasteiger partial charge < -0.3 is 14.2 Å². The van der Waals surface area contributed by atoms with E-state index in [4.69, 9.17) is 11.6 Å². The normalized spacial score (nSPS) is 12.1. The number of aromatic nitrogens is 3. The van der Waals surface area contributed by atoms with Crippen LogP contribution in [0.2, 0.25) is 5.02 Å². The number of nitrogens with one attached hydrogen (secondary N) is 1. The van der Waals surface area contributed by atoms with Crippen molar-refractivity contribution in [1.82, 2.24) is 19.7 Å². The molecule has 0 saturated carbocycles. The molecule has 0 amide bonds. The fraction of sp³-hybridized carbons (Fsp3) is 0.417. The van der Waals surface area contributed by atoms with Crippen LogP contribution in [0.15, 0.2) is 47.4 Å². The lowest BCUT2D eigenvalue weighted by atomic mass is 9.87. The topological polar surface area (TPSA) is 46.0 Å². The summed E-state index contributed by atoms with van der Waals surface area (Å²) in [5, 5.41) is 9.68. The minimum Gasteiger partial charge on any atom is -0.325 e. The van der Waals surface area contributed by atoms with Crippen molar-refractivity contribution >= 4 is 29.2 Å². The van der Waals surface area contributed by atoms with Crippen molar-refractivity contribution in [1.29, 1.82) is 0 Å². The Morgan fingerprint density at radius 3 is 2.32 bits per heavy atom. The zero-order valence-electron chi connectivity index (χ0n) is 19.4. The third-order valence-corrected chi connectivity index (χ3v) is 6.03. The van der Waals surface area contributed by atoms with Crippen molar-refractivity contribution in [3.05, 3.63) is 58.9 Å². The largest absolute Gasteiger partial charge is 0.325 e. The molecule has 5 nitrogen and oxygen atoms in total. The first-order valence-electron chi connectivity index (χ1n) is 10.5. The van der Waals surface area contributed by atoms with Gasteiger partial charge >= 0.3 is 0 Å². The van der Waals surface area contributed by atoms with E-state index in [-0.39, 0.29) is 11.5 Å². The van der Waals surface area contributed by atoms with Crippen LogP contribution in [0.3, 0.4) is 0 Å². The minimum atomic E-state index is 0.144. The summed E-state index contributed by atoms with van der Waals surface area (Å²) in [4.78, 5) is 3.24. The third-order valence-electron chi connectivity index (χ3n) is 4.96. The molecule has 0 aliphatic heterocycles. The van der Waals surface area contributed by atoms with Crippen LogP contribution in [-0.4, -0.2) is 33.8 Å². The molecule has 31 heavy (non-hydrogen) atoms. The van der Waals surface area contributed by atoms with Crippen LogP contribution in [-0.2, 0) is 12.0 Å². The minimum absolute atomic E-state index is 0.144. The predicted molar refractivity (Wildman–Crippen MR) is 133 cm³/mol. The van der Waals surface area contributed by atoms with Gasteiger partial charge in [0.05, 0.1) is 12.2 Å². The van der Waals surface area contributed by atoms with Gasteiger partial charge in [0, 0.05) is 21.5 Å². The molecule has 0 atom stereocenters. The van der Waals surface area contributed by atoms with Crippen LogP contribution in [0.1, 0.15) is 52.0 Å². The van der Waals surface area contributed by atoms with Crippen LogP contribution in [0, 0.1) is 0 Å². The summed E-state index contributed by atoms with van der Waals surface area (Å²) >= 11 is 7.95. The molecule has 0 aliphatic rings. The average molecular weight is 458 g/mol. The van der Waals surface area contributed by atoms with Crippen LogP contribution >= 0.6 is 23.5 Å². The fourth-order valence-corrected chi connectivity index (χ4v) is 4.22. The van der Waals surface area contributed by atoms with Crippen LogP contribution in [0.25, 0.3) is 11.4 Å². The fourth-order valence-electron chi connectivity index (χ4n) is 3.37. The monoisotopic (exact) mass is 457 g/mol. The molecule has 1 N–H and O–H groups in total. The maximum atomic E-state index is 6.37. The van der Waals surface area contributed by atoms with E-state index >= 15 is 0 Å². The Kier molecular flexibility index (Phi) is 7.35. The second-order valence-electron chi connectivity index (χ2n) is 9.31. The van der Waals surface area contributed by atoms with Crippen LogP contribution in [0.5, 0.6) is 0 Å². The molecule has 0 radical (unpaired) electrons. The number of hydrogen-bond acceptors (Lipinski definition) is 5. The molecule has 0 spiro atoms. The van der Waals surface area contributed by atoms with Crippen LogP contribution < -0.4 is 4.72 Å². The molecule has 1 aromatic heterocycles. The standard InChI is InChI=1S/C24H32ClN5S/c1-16(2)30-22(15-29(6)7)26-27-23(30)20-14-18(25)10-13-21(20)28-31-19-11-8-17(9-12-19)24(3,4)5/h8-14,16,28H,15H2,1-7H3. The molecule has 3 aromatic rings. The summed E-state index contributed by atoms with van der Waals surface area (Å²) in [6, 6.07) is 14.8. The van der Waals surface area contributed by atoms with Crippen molar-refractivity contribution in [2.75, 3.05) is 18.8 Å². The highest BCUT2D eigenvalue weighted by Crippen LogP contribution is 2.35. The number of anilines is 1. The Morgan fingerprint density at radius 1 is 1.06 bits per heavy atom. The predicted octanol–water partition coefficient (Wildman–Crippen LogP) is 6.66. The maximum Gasteiger partial charge on any atom is 0.166 e. The molecule has 166 valence electrons. The van der Waals surface area contributed by atoms with Crippen molar-refractivity contribution in [2.24, 2.45) is 0 Å². The van der Waals surface area contributed by atoms with Gasteiger partial charge in [0.15, 0.2) is 5.82 Å². The molecule has 0 unspecified atom stereocenters. The Morgan fingerprint density at radius 2 is 1.74 bits per heavy atom. The first kappa shape index (κ1) is 23.6. The molecule has 0 bridgehead atoms. The smallest absolute Gasteiger partial charge is 0.166 e. The number of halogens is 1. The summed E-state index contributed by atoms with van der Waals surface area (Å²) in [6.45, 7) is 11.7. The lowest BCUT2D eigenvalue weighted by Gasteiger charge is -2.19. The van der Waals surface area contributed by atoms with E-state index in [0.29, 0.717) is 5.02 Å². The summed E-state index contributed by atoms with van der Waals surface area (Å²) in [7, 11) is 4.07. The summed E-state index contributed by atoms with van der Waals surface area (Å²) in [5.74, 6) is 1.76. The zero-order chi connectivity index (χ0) is 22.8. The Labute approximate surface area is 195 Å². The van der Waals surface area contributed by atoms with Crippen molar-refractivity contribution < 1.29 is 0 Å². The van der Waals surface area contributed by atoms with Gasteiger partial charge in [0.25, 0.3) is 0 Å². The third kappa shape index (κ3) is 5.82. The maximum absolute atomic E-state index is 6.37. The van der Waals surface area contributed by atoms with Gasteiger partial charge in [-0.15, -0.1) is 10.2 Å². The van der Waals surface area contributed by atoms with Gasteiger partial charge in [0.1, 0.15) is 5.82 Å². The van der Waals surface area contributed by atoms with Gasteiger partial charge in [-0.2, -0.15) is 0 Å². The second kappa shape index (κ2) is 9.63. The van der Waals surface area contributed by atoms with Gasteiger partial charge in [-0.1, -0.05) is 44.5 Å². The molecular weight excluding hydrogens is 426 g/mol. The first-order valence-corrected chi connectivity index (χ1v) is 11.7. The lowest BCUT2D eigenvalue weighted by Crippen LogP contribution is -2.17. The summed E-state index contributed by atoms with van der Waals surface area (Å²) in [6.07, 6.45) is 0. The Bertz CT molecular complexity index is 1020. The highest BCUT2D eigenvalue weighted by Gasteiger charge is 2.20. The van der Waals surface area contributed by atoms with E-state index in [1.807, 2.05) is 32.3 Å². The van der Waals surface area contributed by atoms with E-state index in [0.717, 1.165) is 34.3 Å². The summed E-state index contributed by atoms with van der Waals surface area (Å²) in [5.41, 5.74) is 3.37. The average Bonchev–Trinajstić information content (AvgIpc) is 3.09. The molecule has 1 heterocycles. The van der Waals surface area contributed by atoms with E-state index < -0.39 is 0 Å². The molecule has 0 aliphatic carbocycles. The van der Waals surface area contributed by atoms with E-state index in [1.165, 1.54) is 5.56 Å². The number of hydrogen-bond donors (Lipinski definition) is 1. The van der Waals surface area contributed by atoms with Crippen molar-refractivity contribution in [3.63, 3.8) is 0 Å². The van der Waals surface area contributed by atoms with Crippen molar-refractivity contribution in [3.8, 4) is 11.4 Å². The highest BCUT2D eigenvalue weighted by atomic mass is 35.5. The van der Waals surface area contributed by atoms with E-state index in [2.05, 4.69) is 83.3 Å². The SMILES string of the molecule is CC(C)n1c(CN(C)C)nnc1-c1cc(Cl)ccc1NSc1ccc(C(C)(C)C)cc1. The Hall–Kier alpha value is -2.02. The molecule has 2 aromatic carbocycles. The quantitative estimate of drug-likeness (QED) is 0.402. The van der Waals surface area contributed by atoms with Crippen molar-refractivity contribution in [2.45, 2.75) is 57.5 Å². The first-order chi connectivity index (χ1) is 14.6. The van der Waals surface area contributed by atoms with Gasteiger partial charge in [-0.3, -0.25) is 0 Å². The lowest BCUT2D eigenvalue weighted by molar-refractivity contribution is 0.375. The molecule has 3 rings (SSSR count). The molecule has 0 saturated heterocycles. The van der Waals surface area contributed by atoms with Gasteiger partial charge in [-0.25, -0.2) is 0 Å². The Balaban J connectivity index is 1.91. The second-order valence-corrected chi connectivity index (χ2v) is 10.6. The van der Waals surface area contributed by atoms with E-state index in [9.17, 15) is 0 Å². The zero-order valence-corrected chi connectivity index (χ0v) is 21.0. The summed E-state index contributed by atoms with van der Waals surface area (Å²) < 4.78 is 5.68. The number of nitrogens with zero attached hydrogens (tertiary/aromatic N) is 4. The molecular formula is C24H32ClN5S. The molecule has 7 heteroatoms. The van der Waals surface area contributed by atoms with Gasteiger partial charge in [-0.05, 0) is 81.2 Å². The highest BCUT2D eigenvalue weighted by molar-refractivity contribution is 8.00. The van der Waals surface area contributed by atoms with Crippen LogP contribution in [0.4, 0.5) is 5.69 Å². The van der Waals surface area contributed by atoms with Gasteiger partial charge in [0.2, 0.25) is 0 Å². The molecule has 0 fully saturated rings. The number of rotatable bonds is 7. The van der Waals surface area contributed by atoms with E-state index in [1.54, 1.807) is 11.9 Å². The number of benzene rings is 2.